The number of hydrogen-bond donors (Lipinski definition) is 3. The molecule has 0 amide bonds. The molecule has 2 aromatic rings. The van der Waals surface area contributed by atoms with E-state index in [1.165, 1.54) is 18.2 Å². The highest BCUT2D eigenvalue weighted by Gasteiger charge is 2.07. The normalized spacial score (nSPS) is 10.7. The fourth-order valence-corrected chi connectivity index (χ4v) is 1.95. The number of aromatic hydroxyl groups is 2. The van der Waals surface area contributed by atoms with E-state index in [0.29, 0.717) is 11.3 Å². The molecule has 0 aromatic heterocycles. The summed E-state index contributed by atoms with van der Waals surface area (Å²) in [5.41, 5.74) is 1.46. The van der Waals surface area contributed by atoms with Crippen LogP contribution in [0.25, 0.3) is 12.2 Å². The summed E-state index contributed by atoms with van der Waals surface area (Å²) in [6, 6.07) is 10.9. The molecule has 0 saturated heterocycles. The fourth-order valence-electron chi connectivity index (χ4n) is 1.95. The van der Waals surface area contributed by atoms with E-state index >= 15 is 0 Å². The Labute approximate surface area is 138 Å². The van der Waals surface area contributed by atoms with E-state index < -0.39 is 11.9 Å². The van der Waals surface area contributed by atoms with Crippen LogP contribution in [0, 0.1) is 0 Å². The van der Waals surface area contributed by atoms with Gasteiger partial charge in [0.05, 0.1) is 12.8 Å². The van der Waals surface area contributed by atoms with E-state index in [1.54, 1.807) is 36.4 Å². The van der Waals surface area contributed by atoms with Gasteiger partial charge >= 0.3 is 11.9 Å². The van der Waals surface area contributed by atoms with E-state index in [-0.39, 0.29) is 24.3 Å². The van der Waals surface area contributed by atoms with Crippen molar-refractivity contribution in [2.45, 2.75) is 12.8 Å². The summed E-state index contributed by atoms with van der Waals surface area (Å²) >= 11 is 0. The largest absolute Gasteiger partial charge is 0.508 e. The zero-order valence-corrected chi connectivity index (χ0v) is 12.7. The molecule has 0 fully saturated rings. The highest BCUT2D eigenvalue weighted by Crippen LogP contribution is 2.22. The van der Waals surface area contributed by atoms with Gasteiger partial charge < -0.3 is 20.1 Å². The minimum absolute atomic E-state index is 0.0294. The molecule has 124 valence electrons. The minimum atomic E-state index is -1.05. The monoisotopic (exact) mass is 328 g/mol. The first-order valence-electron chi connectivity index (χ1n) is 7.16. The van der Waals surface area contributed by atoms with Crippen LogP contribution in [-0.2, 0) is 9.59 Å². The third-order valence-corrected chi connectivity index (χ3v) is 3.05. The topological polar surface area (TPSA) is 104 Å². The number of esters is 1. The third kappa shape index (κ3) is 5.49. The summed E-state index contributed by atoms with van der Waals surface area (Å²) in [7, 11) is 0. The zero-order chi connectivity index (χ0) is 17.5. The van der Waals surface area contributed by atoms with Gasteiger partial charge in [-0.1, -0.05) is 24.3 Å². The van der Waals surface area contributed by atoms with E-state index in [9.17, 15) is 19.8 Å². The number of phenolic OH excluding ortho intramolecular Hbond substituents is 2. The Kier molecular flexibility index (Phi) is 5.57. The number of hydrogen-bond acceptors (Lipinski definition) is 5. The molecule has 24 heavy (non-hydrogen) atoms. The molecule has 0 atom stereocenters. The summed E-state index contributed by atoms with van der Waals surface area (Å²) in [6.45, 7) is 0. The number of ether oxygens (including phenoxy) is 1. The van der Waals surface area contributed by atoms with Crippen LogP contribution in [0.1, 0.15) is 24.0 Å². The molecule has 0 aliphatic heterocycles. The summed E-state index contributed by atoms with van der Waals surface area (Å²) < 4.78 is 5.02. The quantitative estimate of drug-likeness (QED) is 0.428. The first kappa shape index (κ1) is 17.1. The lowest BCUT2D eigenvalue weighted by atomic mass is 10.1. The molecule has 2 rings (SSSR count). The molecule has 0 heterocycles. The molecule has 0 saturated carbocycles. The van der Waals surface area contributed by atoms with Crippen molar-refractivity contribution in [3.05, 3.63) is 53.6 Å². The smallest absolute Gasteiger partial charge is 0.311 e. The van der Waals surface area contributed by atoms with Gasteiger partial charge in [0.1, 0.15) is 17.2 Å². The molecule has 2 aromatic carbocycles. The lowest BCUT2D eigenvalue weighted by Gasteiger charge is -2.03. The number of carboxylic acids is 1. The molecule has 6 nitrogen and oxygen atoms in total. The van der Waals surface area contributed by atoms with Crippen LogP contribution in [0.3, 0.4) is 0 Å². The van der Waals surface area contributed by atoms with Gasteiger partial charge in [-0.05, 0) is 35.4 Å². The number of carboxylic acid groups (broad SMARTS) is 1. The zero-order valence-electron chi connectivity index (χ0n) is 12.7. The molecular formula is C18H16O6. The molecule has 0 unspecified atom stereocenters. The molecular weight excluding hydrogens is 312 g/mol. The van der Waals surface area contributed by atoms with Gasteiger partial charge in [0.2, 0.25) is 0 Å². The highest BCUT2D eigenvalue weighted by molar-refractivity contribution is 5.78. The van der Waals surface area contributed by atoms with Crippen LogP contribution < -0.4 is 4.74 Å². The average Bonchev–Trinajstić information content (AvgIpc) is 2.51. The fraction of sp³-hybridized carbons (Fsp3) is 0.111. The number of benzene rings is 2. The molecule has 0 aliphatic carbocycles. The molecule has 0 bridgehead atoms. The van der Waals surface area contributed by atoms with Crippen LogP contribution in [-0.4, -0.2) is 27.3 Å². The van der Waals surface area contributed by atoms with E-state index in [4.69, 9.17) is 9.84 Å². The van der Waals surface area contributed by atoms with Gasteiger partial charge in [-0.15, -0.1) is 0 Å². The van der Waals surface area contributed by atoms with Crippen LogP contribution in [0.5, 0.6) is 17.2 Å². The van der Waals surface area contributed by atoms with E-state index in [2.05, 4.69) is 0 Å². The lowest BCUT2D eigenvalue weighted by Crippen LogP contribution is -2.10. The van der Waals surface area contributed by atoms with Crippen molar-refractivity contribution in [2.75, 3.05) is 0 Å². The summed E-state index contributed by atoms with van der Waals surface area (Å²) in [4.78, 5) is 21.8. The van der Waals surface area contributed by atoms with E-state index in [1.807, 2.05) is 0 Å². The van der Waals surface area contributed by atoms with E-state index in [0.717, 1.165) is 5.56 Å². The van der Waals surface area contributed by atoms with Crippen molar-refractivity contribution < 1.29 is 29.6 Å². The van der Waals surface area contributed by atoms with Crippen LogP contribution >= 0.6 is 0 Å². The molecule has 0 aliphatic rings. The number of rotatable bonds is 6. The van der Waals surface area contributed by atoms with Crippen molar-refractivity contribution in [3.8, 4) is 17.2 Å². The predicted octanol–water partition coefficient (Wildman–Crippen LogP) is 3.04. The predicted molar refractivity (Wildman–Crippen MR) is 87.6 cm³/mol. The Morgan fingerprint density at radius 2 is 1.46 bits per heavy atom. The highest BCUT2D eigenvalue weighted by atomic mass is 16.5. The van der Waals surface area contributed by atoms with Crippen molar-refractivity contribution in [1.29, 1.82) is 0 Å². The number of carbonyl (C=O) groups excluding carboxylic acids is 1. The number of phenols is 2. The van der Waals surface area contributed by atoms with Gasteiger partial charge in [0.15, 0.2) is 0 Å². The second-order valence-electron chi connectivity index (χ2n) is 5.05. The minimum Gasteiger partial charge on any atom is -0.508 e. The third-order valence-electron chi connectivity index (χ3n) is 3.05. The molecule has 0 spiro atoms. The summed E-state index contributed by atoms with van der Waals surface area (Å²) in [5.74, 6) is -1.38. The van der Waals surface area contributed by atoms with Crippen LogP contribution in [0.15, 0.2) is 42.5 Å². The van der Waals surface area contributed by atoms with Crippen molar-refractivity contribution in [2.24, 2.45) is 0 Å². The van der Waals surface area contributed by atoms with Gasteiger partial charge in [-0.25, -0.2) is 0 Å². The maximum atomic E-state index is 11.4. The average molecular weight is 328 g/mol. The Balaban J connectivity index is 1.97. The Morgan fingerprint density at radius 1 is 0.875 bits per heavy atom. The van der Waals surface area contributed by atoms with Crippen LogP contribution in [0.4, 0.5) is 0 Å². The van der Waals surface area contributed by atoms with Crippen molar-refractivity contribution in [1.82, 2.24) is 0 Å². The SMILES string of the molecule is O=C(O)CCC(=O)Oc1ccc(/C=C/c2cc(O)cc(O)c2)cc1. The van der Waals surface area contributed by atoms with Gasteiger partial charge in [-0.2, -0.15) is 0 Å². The Hall–Kier alpha value is -3.28. The van der Waals surface area contributed by atoms with Crippen molar-refractivity contribution in [3.63, 3.8) is 0 Å². The maximum Gasteiger partial charge on any atom is 0.311 e. The van der Waals surface area contributed by atoms with Gasteiger partial charge in [0.25, 0.3) is 0 Å². The van der Waals surface area contributed by atoms with Crippen molar-refractivity contribution >= 4 is 24.1 Å². The molecule has 3 N–H and O–H groups in total. The number of carbonyl (C=O) groups is 2. The number of aliphatic carboxylic acids is 1. The second kappa shape index (κ2) is 7.82. The lowest BCUT2D eigenvalue weighted by molar-refractivity contribution is -0.142. The maximum absolute atomic E-state index is 11.4. The molecule has 6 heteroatoms. The van der Waals surface area contributed by atoms with Gasteiger partial charge in [-0.3, -0.25) is 9.59 Å². The molecule has 0 radical (unpaired) electrons. The first-order chi connectivity index (χ1) is 11.4. The van der Waals surface area contributed by atoms with Gasteiger partial charge in [0, 0.05) is 6.07 Å². The first-order valence-corrected chi connectivity index (χ1v) is 7.16. The standard InChI is InChI=1S/C18H16O6/c19-14-9-13(10-15(20)11-14)2-1-12-3-5-16(6-4-12)24-18(23)8-7-17(21)22/h1-6,9-11,19-20H,7-8H2,(H,21,22)/b2-1+. The summed E-state index contributed by atoms with van der Waals surface area (Å²) in [6.07, 6.45) is 3.03. The second-order valence-corrected chi connectivity index (χ2v) is 5.05. The Morgan fingerprint density at radius 3 is 2.04 bits per heavy atom. The Bertz CT molecular complexity index is 741. The summed E-state index contributed by atoms with van der Waals surface area (Å²) in [5, 5.41) is 27.3. The van der Waals surface area contributed by atoms with Crippen LogP contribution in [0.2, 0.25) is 0 Å².